The van der Waals surface area contributed by atoms with Crippen LogP contribution in [0, 0.1) is 0 Å². The summed E-state index contributed by atoms with van der Waals surface area (Å²) in [5.74, 6) is -0.932. The van der Waals surface area contributed by atoms with Crippen LogP contribution in [-0.4, -0.2) is 54.8 Å². The number of carbonyl (C=O) groups excluding carboxylic acids is 2. The molecule has 0 bridgehead atoms. The van der Waals surface area contributed by atoms with Crippen molar-refractivity contribution in [1.29, 1.82) is 0 Å². The maximum absolute atomic E-state index is 12.1. The highest BCUT2D eigenvalue weighted by molar-refractivity contribution is 6.60. The SMILES string of the molecule is CCO[Si](CCc1cc(C(=O)OC)ccc1C(=O)OC)(OCC)OCC. The Labute approximate surface area is 155 Å². The first kappa shape index (κ1) is 22.3. The second-order valence-electron chi connectivity index (χ2n) is 5.34. The number of hydrogen-bond acceptors (Lipinski definition) is 7. The molecular weight excluding hydrogens is 356 g/mol. The molecular formula is C18H28O7Si. The van der Waals surface area contributed by atoms with Crippen LogP contribution in [0.2, 0.25) is 6.04 Å². The van der Waals surface area contributed by atoms with Crippen LogP contribution in [-0.2, 0) is 29.2 Å². The zero-order valence-corrected chi connectivity index (χ0v) is 17.1. The van der Waals surface area contributed by atoms with Gasteiger partial charge in [0.15, 0.2) is 0 Å². The van der Waals surface area contributed by atoms with E-state index in [1.807, 2.05) is 20.8 Å². The summed E-state index contributed by atoms with van der Waals surface area (Å²) < 4.78 is 27.1. The van der Waals surface area contributed by atoms with Crippen LogP contribution in [0.3, 0.4) is 0 Å². The summed E-state index contributed by atoms with van der Waals surface area (Å²) in [4.78, 5) is 23.9. The van der Waals surface area contributed by atoms with Gasteiger partial charge in [-0.2, -0.15) is 0 Å². The van der Waals surface area contributed by atoms with Crippen LogP contribution >= 0.6 is 0 Å². The molecule has 0 heterocycles. The lowest BCUT2D eigenvalue weighted by Crippen LogP contribution is -2.46. The molecule has 0 unspecified atom stereocenters. The van der Waals surface area contributed by atoms with Crippen molar-refractivity contribution >= 4 is 20.7 Å². The number of ether oxygens (including phenoxy) is 2. The zero-order valence-electron chi connectivity index (χ0n) is 16.1. The van der Waals surface area contributed by atoms with Crippen molar-refractivity contribution in [3.05, 3.63) is 34.9 Å². The van der Waals surface area contributed by atoms with Crippen LogP contribution in [0.4, 0.5) is 0 Å². The summed E-state index contributed by atoms with van der Waals surface area (Å²) in [7, 11) is -0.235. The number of carbonyl (C=O) groups is 2. The Morgan fingerprint density at radius 1 is 0.885 bits per heavy atom. The Hall–Kier alpha value is -1.74. The topological polar surface area (TPSA) is 80.3 Å². The molecule has 1 rings (SSSR count). The molecule has 0 aliphatic rings. The third-order valence-corrected chi connectivity index (χ3v) is 6.77. The molecule has 8 heteroatoms. The average Bonchev–Trinajstić information content (AvgIpc) is 2.65. The van der Waals surface area contributed by atoms with Gasteiger partial charge in [-0.1, -0.05) is 0 Å². The van der Waals surface area contributed by atoms with Crippen LogP contribution in [0.5, 0.6) is 0 Å². The van der Waals surface area contributed by atoms with Gasteiger partial charge in [-0.3, -0.25) is 0 Å². The predicted octanol–water partition coefficient (Wildman–Crippen LogP) is 2.85. The normalized spacial score (nSPS) is 11.3. The Bertz CT molecular complexity index is 586. The first-order valence-electron chi connectivity index (χ1n) is 8.68. The molecule has 0 aliphatic heterocycles. The van der Waals surface area contributed by atoms with Gasteiger partial charge in [0.1, 0.15) is 0 Å². The lowest BCUT2D eigenvalue weighted by atomic mass is 10.0. The summed E-state index contributed by atoms with van der Waals surface area (Å²) in [6.07, 6.45) is 0.446. The highest BCUT2D eigenvalue weighted by Crippen LogP contribution is 2.23. The van der Waals surface area contributed by atoms with E-state index < -0.39 is 20.7 Å². The maximum Gasteiger partial charge on any atom is 0.501 e. The van der Waals surface area contributed by atoms with Gasteiger partial charge in [-0.15, -0.1) is 0 Å². The van der Waals surface area contributed by atoms with Crippen LogP contribution in [0.1, 0.15) is 47.1 Å². The molecule has 0 fully saturated rings. The average molecular weight is 385 g/mol. The van der Waals surface area contributed by atoms with Gasteiger partial charge >= 0.3 is 20.7 Å². The fourth-order valence-electron chi connectivity index (χ4n) is 2.64. The largest absolute Gasteiger partial charge is 0.501 e. The molecule has 1 aromatic rings. The van der Waals surface area contributed by atoms with Crippen LogP contribution in [0.15, 0.2) is 18.2 Å². The van der Waals surface area contributed by atoms with E-state index in [1.165, 1.54) is 14.2 Å². The van der Waals surface area contributed by atoms with Crippen molar-refractivity contribution in [2.24, 2.45) is 0 Å². The van der Waals surface area contributed by atoms with Crippen molar-refractivity contribution in [1.82, 2.24) is 0 Å². The molecule has 0 N–H and O–H groups in total. The highest BCUT2D eigenvalue weighted by Gasteiger charge is 2.40. The van der Waals surface area contributed by atoms with E-state index >= 15 is 0 Å². The molecule has 1 aromatic carbocycles. The zero-order chi connectivity index (χ0) is 19.6. The summed E-state index contributed by atoms with van der Waals surface area (Å²) in [5, 5.41) is 0. The smallest absolute Gasteiger partial charge is 0.465 e. The highest BCUT2D eigenvalue weighted by atomic mass is 28.4. The molecule has 0 saturated carbocycles. The van der Waals surface area contributed by atoms with E-state index in [0.717, 1.165) is 0 Å². The second kappa shape index (κ2) is 11.1. The van der Waals surface area contributed by atoms with E-state index in [4.69, 9.17) is 22.8 Å². The number of hydrogen-bond donors (Lipinski definition) is 0. The lowest BCUT2D eigenvalue weighted by Gasteiger charge is -2.28. The minimum atomic E-state index is -2.87. The molecule has 26 heavy (non-hydrogen) atoms. The Morgan fingerprint density at radius 3 is 1.88 bits per heavy atom. The predicted molar refractivity (Wildman–Crippen MR) is 98.3 cm³/mol. The molecule has 0 atom stereocenters. The van der Waals surface area contributed by atoms with Gasteiger partial charge < -0.3 is 22.8 Å². The van der Waals surface area contributed by atoms with Crippen molar-refractivity contribution in [3.8, 4) is 0 Å². The van der Waals surface area contributed by atoms with Crippen molar-refractivity contribution in [2.75, 3.05) is 34.0 Å². The van der Waals surface area contributed by atoms with Gasteiger partial charge in [-0.25, -0.2) is 9.59 Å². The molecule has 0 saturated heterocycles. The number of methoxy groups -OCH3 is 2. The number of rotatable bonds is 11. The first-order valence-corrected chi connectivity index (χ1v) is 10.6. The third kappa shape index (κ3) is 5.91. The summed E-state index contributed by atoms with van der Waals surface area (Å²) in [6.45, 7) is 7.07. The summed E-state index contributed by atoms with van der Waals surface area (Å²) >= 11 is 0. The van der Waals surface area contributed by atoms with Crippen molar-refractivity contribution < 1.29 is 32.3 Å². The molecule has 0 radical (unpaired) electrons. The van der Waals surface area contributed by atoms with Crippen LogP contribution < -0.4 is 0 Å². The maximum atomic E-state index is 12.1. The minimum absolute atomic E-state index is 0.367. The van der Waals surface area contributed by atoms with E-state index in [0.29, 0.717) is 49.0 Å². The minimum Gasteiger partial charge on any atom is -0.465 e. The van der Waals surface area contributed by atoms with Crippen LogP contribution in [0.25, 0.3) is 0 Å². The van der Waals surface area contributed by atoms with E-state index in [9.17, 15) is 9.59 Å². The Kier molecular flexibility index (Phi) is 9.50. The van der Waals surface area contributed by atoms with E-state index in [-0.39, 0.29) is 0 Å². The molecule has 7 nitrogen and oxygen atoms in total. The molecule has 0 aromatic heterocycles. The number of benzene rings is 1. The summed E-state index contributed by atoms with van der Waals surface area (Å²) in [5.41, 5.74) is 1.43. The van der Waals surface area contributed by atoms with Crippen molar-refractivity contribution in [2.45, 2.75) is 33.2 Å². The monoisotopic (exact) mass is 384 g/mol. The van der Waals surface area contributed by atoms with Gasteiger partial charge in [0.2, 0.25) is 0 Å². The number of aryl methyl sites for hydroxylation is 1. The lowest BCUT2D eigenvalue weighted by molar-refractivity contribution is 0.0585. The van der Waals surface area contributed by atoms with E-state index in [2.05, 4.69) is 0 Å². The Morgan fingerprint density at radius 2 is 1.42 bits per heavy atom. The quantitative estimate of drug-likeness (QED) is 0.429. The molecule has 0 aliphatic carbocycles. The van der Waals surface area contributed by atoms with E-state index in [1.54, 1.807) is 18.2 Å². The Balaban J connectivity index is 3.17. The van der Waals surface area contributed by atoms with Gasteiger partial charge in [0.25, 0.3) is 0 Å². The second-order valence-corrected chi connectivity index (χ2v) is 8.07. The molecule has 0 spiro atoms. The third-order valence-electron chi connectivity index (χ3n) is 3.72. The molecule has 0 amide bonds. The van der Waals surface area contributed by atoms with Crippen molar-refractivity contribution in [3.63, 3.8) is 0 Å². The fraction of sp³-hybridized carbons (Fsp3) is 0.556. The van der Waals surface area contributed by atoms with Gasteiger partial charge in [-0.05, 0) is 51.0 Å². The summed E-state index contributed by atoms with van der Waals surface area (Å²) in [6, 6.07) is 5.23. The number of esters is 2. The first-order chi connectivity index (χ1) is 12.5. The molecule has 146 valence electrons. The standard InChI is InChI=1S/C18H28O7Si/c1-6-23-26(24-7-2,25-8-3)12-11-14-13-15(17(19)21-4)9-10-16(14)18(20)22-5/h9-10,13H,6-8,11-12H2,1-5H3. The van der Waals surface area contributed by atoms with Gasteiger partial charge in [0.05, 0.1) is 25.3 Å². The van der Waals surface area contributed by atoms with Gasteiger partial charge in [0, 0.05) is 25.9 Å². The fourth-order valence-corrected chi connectivity index (χ4v) is 5.22.